The molecule has 0 radical (unpaired) electrons. The predicted octanol–water partition coefficient (Wildman–Crippen LogP) is 6.11. The van der Waals surface area contributed by atoms with Gasteiger partial charge in [-0.2, -0.15) is 0 Å². The highest BCUT2D eigenvalue weighted by atomic mass is 79.9. The molecule has 0 fully saturated rings. The molecule has 20 heavy (non-hydrogen) atoms. The number of hydrogen-bond acceptors (Lipinski definition) is 2. The van der Waals surface area contributed by atoms with Crippen LogP contribution in [-0.2, 0) is 6.54 Å². The zero-order valence-electron chi connectivity index (χ0n) is 10.3. The molecular formula is C15H10BrCl2NO. The highest BCUT2D eigenvalue weighted by molar-refractivity contribution is 9.10. The number of hydrogen-bond donors (Lipinski definition) is 1. The summed E-state index contributed by atoms with van der Waals surface area (Å²) >= 11 is 15.6. The van der Waals surface area contributed by atoms with Crippen LogP contribution < -0.4 is 5.32 Å². The lowest BCUT2D eigenvalue weighted by molar-refractivity contribution is 0.559. The average Bonchev–Trinajstić information content (AvgIpc) is 2.87. The molecule has 1 N–H and O–H groups in total. The number of fused-ring (bicyclic) bond motifs is 1. The molecule has 5 heteroatoms. The Bertz CT molecular complexity index is 737. The Hall–Kier alpha value is -1.16. The lowest BCUT2D eigenvalue weighted by Gasteiger charge is -2.09. The summed E-state index contributed by atoms with van der Waals surface area (Å²) in [7, 11) is 0. The van der Waals surface area contributed by atoms with Gasteiger partial charge in [0.25, 0.3) is 0 Å². The van der Waals surface area contributed by atoms with Gasteiger partial charge in [-0.1, -0.05) is 41.4 Å². The normalized spacial score (nSPS) is 10.9. The molecule has 1 aromatic heterocycles. The Morgan fingerprint density at radius 1 is 1.05 bits per heavy atom. The van der Waals surface area contributed by atoms with Gasteiger partial charge in [0, 0.05) is 9.86 Å². The number of rotatable bonds is 3. The molecular weight excluding hydrogens is 361 g/mol. The Morgan fingerprint density at radius 3 is 2.65 bits per heavy atom. The average molecular weight is 371 g/mol. The van der Waals surface area contributed by atoms with E-state index in [1.54, 1.807) is 0 Å². The molecule has 0 spiro atoms. The van der Waals surface area contributed by atoms with Gasteiger partial charge in [-0.25, -0.2) is 0 Å². The maximum atomic E-state index is 6.19. The topological polar surface area (TPSA) is 25.2 Å². The van der Waals surface area contributed by atoms with E-state index in [1.165, 1.54) is 0 Å². The zero-order valence-corrected chi connectivity index (χ0v) is 13.4. The van der Waals surface area contributed by atoms with Gasteiger partial charge in [-0.3, -0.25) is 0 Å². The fraction of sp³-hybridized carbons (Fsp3) is 0.0667. The zero-order chi connectivity index (χ0) is 14.1. The van der Waals surface area contributed by atoms with E-state index in [4.69, 9.17) is 27.6 Å². The monoisotopic (exact) mass is 369 g/mol. The summed E-state index contributed by atoms with van der Waals surface area (Å²) in [6, 6.07) is 13.6. The van der Waals surface area contributed by atoms with Gasteiger partial charge < -0.3 is 9.73 Å². The molecule has 0 aliphatic carbocycles. The quantitative estimate of drug-likeness (QED) is 0.562. The van der Waals surface area contributed by atoms with Crippen molar-refractivity contribution >= 4 is 55.8 Å². The van der Waals surface area contributed by atoms with Crippen LogP contribution >= 0.6 is 39.1 Å². The van der Waals surface area contributed by atoms with Crippen LogP contribution in [0.3, 0.4) is 0 Å². The van der Waals surface area contributed by atoms with Crippen LogP contribution in [0.2, 0.25) is 10.0 Å². The second-order valence-corrected chi connectivity index (χ2v) is 5.94. The second kappa shape index (κ2) is 5.68. The SMILES string of the molecule is Clc1c(Br)ccc(NCc2cc3ccccc3o2)c1Cl. The van der Waals surface area contributed by atoms with Gasteiger partial charge >= 0.3 is 0 Å². The summed E-state index contributed by atoms with van der Waals surface area (Å²) in [5.74, 6) is 0.848. The van der Waals surface area contributed by atoms with E-state index in [0.29, 0.717) is 16.6 Å². The van der Waals surface area contributed by atoms with E-state index in [2.05, 4.69) is 21.2 Å². The molecule has 1 heterocycles. The van der Waals surface area contributed by atoms with E-state index < -0.39 is 0 Å². The molecule has 0 atom stereocenters. The molecule has 0 amide bonds. The Morgan fingerprint density at radius 2 is 1.85 bits per heavy atom. The molecule has 2 nitrogen and oxygen atoms in total. The van der Waals surface area contributed by atoms with Crippen LogP contribution in [0, 0.1) is 0 Å². The molecule has 0 unspecified atom stereocenters. The van der Waals surface area contributed by atoms with E-state index in [-0.39, 0.29) is 0 Å². The van der Waals surface area contributed by atoms with Crippen molar-refractivity contribution in [1.82, 2.24) is 0 Å². The van der Waals surface area contributed by atoms with E-state index in [9.17, 15) is 0 Å². The molecule has 0 saturated carbocycles. The molecule has 2 aromatic carbocycles. The van der Waals surface area contributed by atoms with Gasteiger partial charge in [-0.15, -0.1) is 0 Å². The summed E-state index contributed by atoms with van der Waals surface area (Å²) < 4.78 is 6.51. The first kappa shape index (κ1) is 13.8. The molecule has 3 aromatic rings. The van der Waals surface area contributed by atoms with Crippen molar-refractivity contribution in [3.8, 4) is 0 Å². The Balaban J connectivity index is 1.81. The van der Waals surface area contributed by atoms with E-state index in [1.807, 2.05) is 42.5 Å². The van der Waals surface area contributed by atoms with E-state index in [0.717, 1.165) is 26.9 Å². The predicted molar refractivity (Wildman–Crippen MR) is 87.7 cm³/mol. The second-order valence-electron chi connectivity index (χ2n) is 4.33. The molecule has 102 valence electrons. The van der Waals surface area contributed by atoms with Gasteiger partial charge in [0.1, 0.15) is 11.3 Å². The first-order valence-electron chi connectivity index (χ1n) is 6.00. The minimum atomic E-state index is 0.497. The minimum absolute atomic E-state index is 0.497. The van der Waals surface area contributed by atoms with Gasteiger partial charge in [0.05, 0.1) is 22.3 Å². The van der Waals surface area contributed by atoms with Crippen molar-refractivity contribution in [3.05, 3.63) is 62.7 Å². The first-order chi connectivity index (χ1) is 9.65. The highest BCUT2D eigenvalue weighted by Crippen LogP contribution is 2.36. The summed E-state index contributed by atoms with van der Waals surface area (Å²) in [5.41, 5.74) is 1.66. The third kappa shape index (κ3) is 2.66. The number of nitrogens with one attached hydrogen (secondary N) is 1. The van der Waals surface area contributed by atoms with Crippen molar-refractivity contribution in [2.24, 2.45) is 0 Å². The van der Waals surface area contributed by atoms with Crippen molar-refractivity contribution in [1.29, 1.82) is 0 Å². The lowest BCUT2D eigenvalue weighted by Crippen LogP contribution is -1.98. The highest BCUT2D eigenvalue weighted by Gasteiger charge is 2.09. The van der Waals surface area contributed by atoms with Gasteiger partial charge in [-0.05, 0) is 40.2 Å². The number of furan rings is 1. The van der Waals surface area contributed by atoms with Crippen LogP contribution in [0.25, 0.3) is 11.0 Å². The molecule has 0 saturated heterocycles. The van der Waals surface area contributed by atoms with Crippen LogP contribution in [-0.4, -0.2) is 0 Å². The van der Waals surface area contributed by atoms with Crippen LogP contribution in [0.15, 0.2) is 51.4 Å². The van der Waals surface area contributed by atoms with Crippen LogP contribution in [0.4, 0.5) is 5.69 Å². The number of anilines is 1. The fourth-order valence-electron chi connectivity index (χ4n) is 1.97. The smallest absolute Gasteiger partial charge is 0.134 e. The van der Waals surface area contributed by atoms with Crippen molar-refractivity contribution in [2.75, 3.05) is 5.32 Å². The van der Waals surface area contributed by atoms with Gasteiger partial charge in [0.15, 0.2) is 0 Å². The molecule has 3 rings (SSSR count). The maximum Gasteiger partial charge on any atom is 0.134 e. The number of benzene rings is 2. The van der Waals surface area contributed by atoms with Crippen LogP contribution in [0.1, 0.15) is 5.76 Å². The summed E-state index contributed by atoms with van der Waals surface area (Å²) in [6.07, 6.45) is 0. The molecule has 0 bridgehead atoms. The maximum absolute atomic E-state index is 6.19. The summed E-state index contributed by atoms with van der Waals surface area (Å²) in [6.45, 7) is 0.548. The number of para-hydroxylation sites is 1. The fourth-order valence-corrected chi connectivity index (χ4v) is 2.81. The lowest BCUT2D eigenvalue weighted by atomic mass is 10.2. The van der Waals surface area contributed by atoms with Gasteiger partial charge in [0.2, 0.25) is 0 Å². The first-order valence-corrected chi connectivity index (χ1v) is 7.55. The van der Waals surface area contributed by atoms with E-state index >= 15 is 0 Å². The third-order valence-corrected chi connectivity index (χ3v) is 4.74. The summed E-state index contributed by atoms with van der Waals surface area (Å²) in [5, 5.41) is 5.31. The Labute approximate surface area is 134 Å². The molecule has 0 aliphatic rings. The standard InChI is InChI=1S/C15H10BrCl2NO/c16-11-5-6-12(15(18)14(11)17)19-8-10-7-9-3-1-2-4-13(9)20-10/h1-7,19H,8H2. The third-order valence-electron chi connectivity index (χ3n) is 2.96. The van der Waals surface area contributed by atoms with Crippen LogP contribution in [0.5, 0.6) is 0 Å². The Kier molecular flexibility index (Phi) is 3.92. The summed E-state index contributed by atoms with van der Waals surface area (Å²) in [4.78, 5) is 0. The number of halogens is 3. The molecule has 0 aliphatic heterocycles. The van der Waals surface area contributed by atoms with Crippen molar-refractivity contribution in [2.45, 2.75) is 6.54 Å². The largest absolute Gasteiger partial charge is 0.459 e. The van der Waals surface area contributed by atoms with Crippen molar-refractivity contribution < 1.29 is 4.42 Å². The van der Waals surface area contributed by atoms with Crippen molar-refractivity contribution in [3.63, 3.8) is 0 Å². The minimum Gasteiger partial charge on any atom is -0.459 e.